The monoisotopic (exact) mass is 374 g/mol. The molecule has 0 N–H and O–H groups in total. The SMILES string of the molecule is CCCCCCCCOC(=O)/C=C\C(=O)OCCOCCOCCOC. The fourth-order valence-electron chi connectivity index (χ4n) is 1.95. The Balaban J connectivity index is 3.45. The molecule has 0 atom stereocenters. The van der Waals surface area contributed by atoms with E-state index in [0.29, 0.717) is 33.0 Å². The van der Waals surface area contributed by atoms with Gasteiger partial charge in [-0.25, -0.2) is 9.59 Å². The molecule has 0 aromatic carbocycles. The zero-order valence-electron chi connectivity index (χ0n) is 16.2. The second kappa shape index (κ2) is 19.9. The van der Waals surface area contributed by atoms with Crippen molar-refractivity contribution in [1.29, 1.82) is 0 Å². The molecule has 0 radical (unpaired) electrons. The maximum Gasteiger partial charge on any atom is 0.331 e. The number of unbranched alkanes of at least 4 members (excludes halogenated alkanes) is 5. The Bertz CT molecular complexity index is 369. The number of esters is 2. The van der Waals surface area contributed by atoms with Crippen molar-refractivity contribution >= 4 is 11.9 Å². The maximum absolute atomic E-state index is 11.4. The van der Waals surface area contributed by atoms with Gasteiger partial charge in [-0.05, 0) is 6.42 Å². The zero-order chi connectivity index (χ0) is 19.3. The van der Waals surface area contributed by atoms with E-state index >= 15 is 0 Å². The van der Waals surface area contributed by atoms with Crippen LogP contribution in [-0.2, 0) is 33.3 Å². The Kier molecular flexibility index (Phi) is 18.8. The molecule has 7 heteroatoms. The van der Waals surface area contributed by atoms with Gasteiger partial charge in [0.25, 0.3) is 0 Å². The van der Waals surface area contributed by atoms with Gasteiger partial charge >= 0.3 is 11.9 Å². The largest absolute Gasteiger partial charge is 0.463 e. The van der Waals surface area contributed by atoms with Crippen molar-refractivity contribution < 1.29 is 33.3 Å². The highest BCUT2D eigenvalue weighted by molar-refractivity contribution is 5.91. The first kappa shape index (κ1) is 24.6. The number of carbonyl (C=O) groups excluding carboxylic acids is 2. The van der Waals surface area contributed by atoms with Crippen molar-refractivity contribution in [2.45, 2.75) is 45.4 Å². The molecular formula is C19H34O7. The molecule has 0 fully saturated rings. The second-order valence-corrected chi connectivity index (χ2v) is 5.65. The predicted molar refractivity (Wildman–Crippen MR) is 97.9 cm³/mol. The van der Waals surface area contributed by atoms with Crippen LogP contribution < -0.4 is 0 Å². The molecule has 26 heavy (non-hydrogen) atoms. The summed E-state index contributed by atoms with van der Waals surface area (Å²) in [6, 6.07) is 0. The number of methoxy groups -OCH3 is 1. The third kappa shape index (κ3) is 18.9. The Morgan fingerprint density at radius 2 is 1.15 bits per heavy atom. The Morgan fingerprint density at radius 1 is 0.654 bits per heavy atom. The molecule has 0 aromatic rings. The normalized spacial score (nSPS) is 11.0. The maximum atomic E-state index is 11.4. The molecule has 0 rings (SSSR count). The van der Waals surface area contributed by atoms with Crippen LogP contribution >= 0.6 is 0 Å². The van der Waals surface area contributed by atoms with Gasteiger partial charge in [0.2, 0.25) is 0 Å². The highest BCUT2D eigenvalue weighted by Gasteiger charge is 2.01. The molecule has 0 spiro atoms. The van der Waals surface area contributed by atoms with Gasteiger partial charge < -0.3 is 23.7 Å². The van der Waals surface area contributed by atoms with E-state index in [2.05, 4.69) is 6.92 Å². The molecule has 0 heterocycles. The predicted octanol–water partition coefficient (Wildman–Crippen LogP) is 2.67. The van der Waals surface area contributed by atoms with E-state index in [1.165, 1.54) is 19.3 Å². The lowest BCUT2D eigenvalue weighted by atomic mass is 10.1. The minimum Gasteiger partial charge on any atom is -0.463 e. The third-order valence-corrected chi connectivity index (χ3v) is 3.37. The molecule has 0 unspecified atom stereocenters. The van der Waals surface area contributed by atoms with Gasteiger partial charge in [-0.15, -0.1) is 0 Å². The van der Waals surface area contributed by atoms with Crippen LogP contribution in [0.5, 0.6) is 0 Å². The smallest absolute Gasteiger partial charge is 0.331 e. The molecule has 0 amide bonds. The lowest BCUT2D eigenvalue weighted by molar-refractivity contribution is -0.141. The van der Waals surface area contributed by atoms with Gasteiger partial charge in [0, 0.05) is 19.3 Å². The van der Waals surface area contributed by atoms with Crippen LogP contribution in [0.15, 0.2) is 12.2 Å². The Labute approximate surface area is 157 Å². The highest BCUT2D eigenvalue weighted by atomic mass is 16.6. The average molecular weight is 374 g/mol. The molecule has 7 nitrogen and oxygen atoms in total. The van der Waals surface area contributed by atoms with Crippen molar-refractivity contribution in [3.63, 3.8) is 0 Å². The van der Waals surface area contributed by atoms with Crippen LogP contribution in [0.3, 0.4) is 0 Å². The molecule has 152 valence electrons. The van der Waals surface area contributed by atoms with E-state index < -0.39 is 11.9 Å². The summed E-state index contributed by atoms with van der Waals surface area (Å²) in [5, 5.41) is 0. The summed E-state index contributed by atoms with van der Waals surface area (Å²) in [6.07, 6.45) is 8.90. The molecule has 0 saturated carbocycles. The Morgan fingerprint density at radius 3 is 1.77 bits per heavy atom. The molecule has 0 saturated heterocycles. The summed E-state index contributed by atoms with van der Waals surface area (Å²) in [5.41, 5.74) is 0. The minimum absolute atomic E-state index is 0.119. The summed E-state index contributed by atoms with van der Waals surface area (Å²) < 4.78 is 25.2. The van der Waals surface area contributed by atoms with Crippen LogP contribution in [-0.4, -0.2) is 65.3 Å². The number of hydrogen-bond acceptors (Lipinski definition) is 7. The molecule has 0 bridgehead atoms. The van der Waals surface area contributed by atoms with E-state index in [-0.39, 0.29) is 13.2 Å². The first-order chi connectivity index (χ1) is 12.7. The van der Waals surface area contributed by atoms with E-state index in [9.17, 15) is 9.59 Å². The second-order valence-electron chi connectivity index (χ2n) is 5.65. The first-order valence-corrected chi connectivity index (χ1v) is 9.36. The fourth-order valence-corrected chi connectivity index (χ4v) is 1.95. The lowest BCUT2D eigenvalue weighted by Crippen LogP contribution is -2.13. The van der Waals surface area contributed by atoms with Crippen LogP contribution in [0, 0.1) is 0 Å². The number of hydrogen-bond donors (Lipinski definition) is 0. The quantitative estimate of drug-likeness (QED) is 0.207. The van der Waals surface area contributed by atoms with Gasteiger partial charge in [0.1, 0.15) is 6.61 Å². The molecule has 0 aliphatic heterocycles. The summed E-state index contributed by atoms with van der Waals surface area (Å²) >= 11 is 0. The lowest BCUT2D eigenvalue weighted by Gasteiger charge is -2.05. The van der Waals surface area contributed by atoms with Gasteiger partial charge in [-0.2, -0.15) is 0 Å². The molecule has 0 aliphatic rings. The first-order valence-electron chi connectivity index (χ1n) is 9.36. The fraction of sp³-hybridized carbons (Fsp3) is 0.789. The highest BCUT2D eigenvalue weighted by Crippen LogP contribution is 2.04. The van der Waals surface area contributed by atoms with E-state index in [4.69, 9.17) is 23.7 Å². The van der Waals surface area contributed by atoms with Gasteiger partial charge in [0.15, 0.2) is 0 Å². The third-order valence-electron chi connectivity index (χ3n) is 3.37. The molecule has 0 aromatic heterocycles. The van der Waals surface area contributed by atoms with Crippen LogP contribution in [0.2, 0.25) is 0 Å². The number of ether oxygens (including phenoxy) is 5. The Hall–Kier alpha value is -1.44. The standard InChI is InChI=1S/C19H34O7/c1-3-4-5-6-7-8-11-25-18(20)9-10-19(21)26-17-16-24-15-14-23-13-12-22-2/h9-10H,3-8,11-17H2,1-2H3/b10-9-. The van der Waals surface area contributed by atoms with Crippen molar-refractivity contribution in [2.75, 3.05) is 53.4 Å². The van der Waals surface area contributed by atoms with Crippen molar-refractivity contribution in [3.8, 4) is 0 Å². The van der Waals surface area contributed by atoms with Gasteiger partial charge in [-0.1, -0.05) is 39.0 Å². The van der Waals surface area contributed by atoms with E-state index in [1.54, 1.807) is 7.11 Å². The van der Waals surface area contributed by atoms with Crippen molar-refractivity contribution in [1.82, 2.24) is 0 Å². The van der Waals surface area contributed by atoms with Crippen LogP contribution in [0.4, 0.5) is 0 Å². The van der Waals surface area contributed by atoms with Crippen molar-refractivity contribution in [2.24, 2.45) is 0 Å². The minimum atomic E-state index is -0.596. The molecular weight excluding hydrogens is 340 g/mol. The van der Waals surface area contributed by atoms with Crippen LogP contribution in [0.25, 0.3) is 0 Å². The summed E-state index contributed by atoms with van der Waals surface area (Å²) in [4.78, 5) is 22.9. The number of rotatable bonds is 18. The average Bonchev–Trinajstić information content (AvgIpc) is 2.64. The summed E-state index contributed by atoms with van der Waals surface area (Å²) in [5.74, 6) is -1.12. The van der Waals surface area contributed by atoms with Gasteiger partial charge in [-0.3, -0.25) is 0 Å². The number of carbonyl (C=O) groups is 2. The molecule has 0 aliphatic carbocycles. The topological polar surface area (TPSA) is 80.3 Å². The zero-order valence-corrected chi connectivity index (χ0v) is 16.2. The van der Waals surface area contributed by atoms with E-state index in [1.807, 2.05) is 0 Å². The van der Waals surface area contributed by atoms with Crippen LogP contribution in [0.1, 0.15) is 45.4 Å². The van der Waals surface area contributed by atoms with E-state index in [0.717, 1.165) is 31.4 Å². The van der Waals surface area contributed by atoms with Gasteiger partial charge in [0.05, 0.1) is 39.6 Å². The summed E-state index contributed by atoms with van der Waals surface area (Å²) in [7, 11) is 1.61. The summed E-state index contributed by atoms with van der Waals surface area (Å²) in [6.45, 7) is 4.89. The van der Waals surface area contributed by atoms with Crippen molar-refractivity contribution in [3.05, 3.63) is 12.2 Å².